The van der Waals surface area contributed by atoms with E-state index in [2.05, 4.69) is 31.3 Å². The Kier molecular flexibility index (Phi) is 4.27. The van der Waals surface area contributed by atoms with Crippen molar-refractivity contribution in [3.63, 3.8) is 0 Å². The lowest BCUT2D eigenvalue weighted by Crippen LogP contribution is -2.30. The molecule has 1 N–H and O–H groups in total. The van der Waals surface area contributed by atoms with Crippen molar-refractivity contribution in [2.75, 3.05) is 11.4 Å². The quantitative estimate of drug-likeness (QED) is 0.765. The smallest absolute Gasteiger partial charge is 0.267 e. The van der Waals surface area contributed by atoms with Gasteiger partial charge in [0.05, 0.1) is 15.6 Å². The van der Waals surface area contributed by atoms with Gasteiger partial charge in [0.1, 0.15) is 5.84 Å². The predicted molar refractivity (Wildman–Crippen MR) is 107 cm³/mol. The van der Waals surface area contributed by atoms with Crippen LogP contribution < -0.4 is 10.2 Å². The van der Waals surface area contributed by atoms with E-state index in [0.29, 0.717) is 22.1 Å². The van der Waals surface area contributed by atoms with Crippen LogP contribution in [0.3, 0.4) is 0 Å². The molecular weight excluding hydrogens is 410 g/mol. The normalized spacial score (nSPS) is 19.1. The third kappa shape index (κ3) is 2.73. The zero-order valence-electron chi connectivity index (χ0n) is 14.7. The second kappa shape index (κ2) is 6.62. The van der Waals surface area contributed by atoms with E-state index in [4.69, 9.17) is 0 Å². The van der Waals surface area contributed by atoms with Crippen LogP contribution >= 0.6 is 15.9 Å². The Labute approximate surface area is 164 Å². The van der Waals surface area contributed by atoms with Gasteiger partial charge in [-0.15, -0.1) is 5.10 Å². The molecule has 1 aromatic heterocycles. The fourth-order valence-corrected chi connectivity index (χ4v) is 3.56. The van der Waals surface area contributed by atoms with Crippen molar-refractivity contribution in [3.8, 4) is 0 Å². The minimum atomic E-state index is -0.373. The summed E-state index contributed by atoms with van der Waals surface area (Å²) in [5, 5.41) is 7.60. The van der Waals surface area contributed by atoms with Crippen molar-refractivity contribution >= 4 is 45.1 Å². The average Bonchev–Trinajstić information content (AvgIpc) is 3.34. The van der Waals surface area contributed by atoms with E-state index in [1.807, 2.05) is 26.1 Å². The lowest BCUT2D eigenvalue weighted by atomic mass is 10.1. The predicted octanol–water partition coefficient (Wildman–Crippen LogP) is 3.21. The molecular formula is C19H16BrN5O2. The van der Waals surface area contributed by atoms with Crippen LogP contribution in [0.5, 0.6) is 0 Å². The van der Waals surface area contributed by atoms with E-state index in [9.17, 15) is 9.59 Å². The molecule has 136 valence electrons. The Morgan fingerprint density at radius 3 is 2.52 bits per heavy atom. The highest BCUT2D eigenvalue weighted by Crippen LogP contribution is 2.33. The molecule has 0 bridgehead atoms. The molecule has 2 aromatic rings. The summed E-state index contributed by atoms with van der Waals surface area (Å²) in [5.74, 6) is 0.291. The first-order chi connectivity index (χ1) is 13.0. The molecule has 0 spiro atoms. The molecule has 0 saturated heterocycles. The highest BCUT2D eigenvalue weighted by Gasteiger charge is 2.38. The van der Waals surface area contributed by atoms with Crippen LogP contribution in [0.4, 0.5) is 5.82 Å². The maximum absolute atomic E-state index is 12.7. The molecule has 0 unspecified atom stereocenters. The molecule has 1 aromatic carbocycles. The number of nitrogens with one attached hydrogen (secondary N) is 1. The first kappa shape index (κ1) is 17.4. The van der Waals surface area contributed by atoms with E-state index in [-0.39, 0.29) is 17.6 Å². The minimum absolute atomic E-state index is 0.269. The van der Waals surface area contributed by atoms with E-state index < -0.39 is 0 Å². The van der Waals surface area contributed by atoms with Gasteiger partial charge in [0, 0.05) is 30.2 Å². The number of amidine groups is 1. The zero-order chi connectivity index (χ0) is 19.1. The molecule has 0 atom stereocenters. The second-order valence-electron chi connectivity index (χ2n) is 6.04. The molecule has 0 fully saturated rings. The summed E-state index contributed by atoms with van der Waals surface area (Å²) >= 11 is 3.43. The standard InChI is InChI=1S/C19H16BrN5O2/c1-3-21-16-12(8-9-22-16)11(2)24-10-15(20)17(23-24)25-18(26)13-6-4-5-7-14(13)19(25)27/h4-10H,3H2,1-2H3,(H,21,22)/b12-11+. The lowest BCUT2D eigenvalue weighted by molar-refractivity contribution is 0.0924. The number of carbonyl (C=O) groups is 2. The number of aliphatic imine (C=N–C) groups is 1. The number of benzene rings is 1. The molecule has 0 saturated carbocycles. The van der Waals surface area contributed by atoms with Crippen molar-refractivity contribution in [2.24, 2.45) is 4.99 Å². The Bertz CT molecular complexity index is 1030. The van der Waals surface area contributed by atoms with Gasteiger partial charge in [0.2, 0.25) is 0 Å². The Balaban J connectivity index is 1.76. The molecule has 2 amide bonds. The van der Waals surface area contributed by atoms with E-state index >= 15 is 0 Å². The summed E-state index contributed by atoms with van der Waals surface area (Å²) < 4.78 is 2.20. The van der Waals surface area contributed by atoms with Gasteiger partial charge < -0.3 is 5.32 Å². The molecule has 7 nitrogen and oxygen atoms in total. The summed E-state index contributed by atoms with van der Waals surface area (Å²) in [7, 11) is 0. The lowest BCUT2D eigenvalue weighted by Gasteiger charge is -2.11. The van der Waals surface area contributed by atoms with Crippen LogP contribution in [-0.2, 0) is 0 Å². The van der Waals surface area contributed by atoms with Gasteiger partial charge in [-0.2, -0.15) is 0 Å². The van der Waals surface area contributed by atoms with Gasteiger partial charge in [-0.05, 0) is 48.0 Å². The van der Waals surface area contributed by atoms with E-state index in [0.717, 1.165) is 22.0 Å². The Morgan fingerprint density at radius 1 is 1.22 bits per heavy atom. The van der Waals surface area contributed by atoms with Crippen molar-refractivity contribution in [2.45, 2.75) is 13.8 Å². The molecule has 0 aliphatic carbocycles. The second-order valence-corrected chi connectivity index (χ2v) is 6.89. The average molecular weight is 426 g/mol. The number of amides is 2. The molecule has 3 heterocycles. The minimum Gasteiger partial charge on any atom is -0.346 e. The Hall–Kier alpha value is -3.00. The molecule has 27 heavy (non-hydrogen) atoms. The largest absolute Gasteiger partial charge is 0.346 e. The van der Waals surface area contributed by atoms with Crippen molar-refractivity contribution in [1.82, 2.24) is 15.1 Å². The fraction of sp³-hybridized carbons (Fsp3) is 0.158. The van der Waals surface area contributed by atoms with Crippen molar-refractivity contribution in [1.29, 1.82) is 0 Å². The summed E-state index contributed by atoms with van der Waals surface area (Å²) in [6.07, 6.45) is 5.47. The number of fused-ring (bicyclic) bond motifs is 1. The molecule has 8 heteroatoms. The molecule has 0 radical (unpaired) electrons. The third-order valence-corrected chi connectivity index (χ3v) is 4.99. The van der Waals surface area contributed by atoms with Crippen LogP contribution in [0, 0.1) is 0 Å². The number of hydrogen-bond donors (Lipinski definition) is 1. The fourth-order valence-electron chi connectivity index (χ4n) is 3.11. The monoisotopic (exact) mass is 425 g/mol. The third-order valence-electron chi connectivity index (χ3n) is 4.43. The number of hydrogen-bond acceptors (Lipinski definition) is 4. The first-order valence-corrected chi connectivity index (χ1v) is 9.24. The maximum Gasteiger partial charge on any atom is 0.267 e. The number of nitrogens with zero attached hydrogens (tertiary/aromatic N) is 4. The number of rotatable bonds is 3. The van der Waals surface area contributed by atoms with Crippen LogP contribution in [0.25, 0.3) is 5.70 Å². The highest BCUT2D eigenvalue weighted by molar-refractivity contribution is 9.10. The van der Waals surface area contributed by atoms with Gasteiger partial charge in [0.25, 0.3) is 11.8 Å². The zero-order valence-corrected chi connectivity index (χ0v) is 16.3. The summed E-state index contributed by atoms with van der Waals surface area (Å²) in [6.45, 7) is 4.53. The highest BCUT2D eigenvalue weighted by atomic mass is 79.9. The van der Waals surface area contributed by atoms with Gasteiger partial charge in [-0.3, -0.25) is 14.6 Å². The SMILES string of the molecule is CCN=C1NC=C/C1=C(/C)n1cc(Br)c(N2C(=O)c3ccccc3C2=O)n1. The van der Waals surface area contributed by atoms with E-state index in [1.54, 1.807) is 35.1 Å². The topological polar surface area (TPSA) is 79.6 Å². The first-order valence-electron chi connectivity index (χ1n) is 8.45. The van der Waals surface area contributed by atoms with Crippen LogP contribution in [0.15, 0.2) is 57.8 Å². The van der Waals surface area contributed by atoms with Crippen LogP contribution in [0.1, 0.15) is 34.6 Å². The van der Waals surface area contributed by atoms with Crippen LogP contribution in [-0.4, -0.2) is 34.0 Å². The number of imide groups is 1. The van der Waals surface area contributed by atoms with Crippen LogP contribution in [0.2, 0.25) is 0 Å². The van der Waals surface area contributed by atoms with Gasteiger partial charge in [-0.25, -0.2) is 9.58 Å². The molecule has 2 aliphatic rings. The number of aromatic nitrogens is 2. The Morgan fingerprint density at radius 2 is 1.89 bits per heavy atom. The molecule has 4 rings (SSSR count). The van der Waals surface area contributed by atoms with Gasteiger partial charge in [-0.1, -0.05) is 12.1 Å². The molecule has 2 aliphatic heterocycles. The van der Waals surface area contributed by atoms with Gasteiger partial charge in [0.15, 0.2) is 5.82 Å². The van der Waals surface area contributed by atoms with E-state index in [1.165, 1.54) is 0 Å². The number of carbonyl (C=O) groups excluding carboxylic acids is 2. The number of anilines is 1. The summed E-state index contributed by atoms with van der Waals surface area (Å²) in [4.78, 5) is 31.0. The summed E-state index contributed by atoms with van der Waals surface area (Å²) in [6, 6.07) is 6.78. The van der Waals surface area contributed by atoms with Crippen molar-refractivity contribution in [3.05, 3.63) is 63.9 Å². The summed E-state index contributed by atoms with van der Waals surface area (Å²) in [5.41, 5.74) is 2.51. The maximum atomic E-state index is 12.7. The van der Waals surface area contributed by atoms with Crippen molar-refractivity contribution < 1.29 is 9.59 Å². The van der Waals surface area contributed by atoms with Gasteiger partial charge >= 0.3 is 0 Å². The number of halogens is 1. The number of allylic oxidation sites excluding steroid dienone is 1.